The van der Waals surface area contributed by atoms with Gasteiger partial charge in [0, 0.05) is 29.4 Å². The Morgan fingerprint density at radius 2 is 1.83 bits per heavy atom. The van der Waals surface area contributed by atoms with Crippen molar-refractivity contribution in [3.05, 3.63) is 40.8 Å². The number of carbonyl (C=O) groups excluding carboxylic acids is 1. The fourth-order valence-corrected chi connectivity index (χ4v) is 3.44. The summed E-state index contributed by atoms with van der Waals surface area (Å²) in [5.74, 6) is -0.0260. The van der Waals surface area contributed by atoms with Crippen LogP contribution in [0.15, 0.2) is 35.3 Å². The van der Waals surface area contributed by atoms with E-state index in [9.17, 15) is 9.59 Å². The Bertz CT molecular complexity index is 948. The van der Waals surface area contributed by atoms with Crippen LogP contribution in [0.25, 0.3) is 21.8 Å². The summed E-state index contributed by atoms with van der Waals surface area (Å²) in [6, 6.07) is 7.75. The number of hydrogen-bond acceptors (Lipinski definition) is 3. The first-order valence-corrected chi connectivity index (χ1v) is 8.48. The average molecular weight is 324 g/mol. The summed E-state index contributed by atoms with van der Waals surface area (Å²) < 4.78 is 1.27. The van der Waals surface area contributed by atoms with Gasteiger partial charge in [-0.05, 0) is 18.9 Å². The van der Waals surface area contributed by atoms with E-state index in [0.717, 1.165) is 42.2 Å². The van der Waals surface area contributed by atoms with Crippen molar-refractivity contribution >= 4 is 27.7 Å². The van der Waals surface area contributed by atoms with Crippen LogP contribution in [0, 0.1) is 0 Å². The van der Waals surface area contributed by atoms with Gasteiger partial charge in [0.2, 0.25) is 5.91 Å². The quantitative estimate of drug-likeness (QED) is 0.786. The van der Waals surface area contributed by atoms with Crippen LogP contribution < -0.4 is 5.56 Å². The summed E-state index contributed by atoms with van der Waals surface area (Å²) in [7, 11) is 0. The van der Waals surface area contributed by atoms with Crippen LogP contribution in [0.4, 0.5) is 0 Å². The number of para-hydroxylation sites is 1. The van der Waals surface area contributed by atoms with Crippen LogP contribution >= 0.6 is 0 Å². The molecule has 0 unspecified atom stereocenters. The van der Waals surface area contributed by atoms with E-state index in [1.165, 1.54) is 17.5 Å². The number of nitrogens with one attached hydrogen (secondary N) is 1. The van der Waals surface area contributed by atoms with Gasteiger partial charge in [-0.2, -0.15) is 5.10 Å². The summed E-state index contributed by atoms with van der Waals surface area (Å²) in [5.41, 5.74) is 1.17. The third-order valence-electron chi connectivity index (χ3n) is 4.76. The maximum absolute atomic E-state index is 12.7. The van der Waals surface area contributed by atoms with Gasteiger partial charge in [0.25, 0.3) is 5.56 Å². The van der Waals surface area contributed by atoms with Gasteiger partial charge in [-0.15, -0.1) is 0 Å². The third-order valence-corrected chi connectivity index (χ3v) is 4.76. The molecule has 0 bridgehead atoms. The molecule has 6 heteroatoms. The number of nitrogens with zero attached hydrogens (tertiary/aromatic N) is 3. The average Bonchev–Trinajstić information content (AvgIpc) is 2.78. The number of aromatic amines is 1. The molecule has 3 heterocycles. The summed E-state index contributed by atoms with van der Waals surface area (Å²) in [4.78, 5) is 30.2. The minimum atomic E-state index is -0.244. The molecule has 0 saturated carbocycles. The molecule has 24 heavy (non-hydrogen) atoms. The van der Waals surface area contributed by atoms with E-state index in [4.69, 9.17) is 0 Å². The summed E-state index contributed by atoms with van der Waals surface area (Å²) >= 11 is 0. The molecular formula is C18H20N4O2. The van der Waals surface area contributed by atoms with E-state index in [2.05, 4.69) is 10.1 Å². The molecular weight excluding hydrogens is 304 g/mol. The lowest BCUT2D eigenvalue weighted by molar-refractivity contribution is -0.132. The highest BCUT2D eigenvalue weighted by molar-refractivity contribution is 6.06. The number of fused-ring (bicyclic) bond motifs is 3. The van der Waals surface area contributed by atoms with Gasteiger partial charge in [0.05, 0.1) is 6.20 Å². The normalized spacial score (nSPS) is 15.8. The molecule has 4 rings (SSSR count). The zero-order valence-corrected chi connectivity index (χ0v) is 13.5. The predicted molar refractivity (Wildman–Crippen MR) is 92.9 cm³/mol. The van der Waals surface area contributed by atoms with Crippen molar-refractivity contribution in [2.24, 2.45) is 0 Å². The molecule has 1 amide bonds. The van der Waals surface area contributed by atoms with Crippen molar-refractivity contribution in [1.29, 1.82) is 0 Å². The fraction of sp³-hybridized carbons (Fsp3) is 0.389. The Labute approximate surface area is 139 Å². The lowest BCUT2D eigenvalue weighted by Gasteiger charge is -2.20. The first-order valence-electron chi connectivity index (χ1n) is 8.48. The number of rotatable bonds is 2. The minimum absolute atomic E-state index is 0.00411. The zero-order valence-electron chi connectivity index (χ0n) is 13.5. The van der Waals surface area contributed by atoms with Crippen molar-refractivity contribution in [3.8, 4) is 0 Å². The van der Waals surface area contributed by atoms with E-state index in [-0.39, 0.29) is 18.0 Å². The Morgan fingerprint density at radius 1 is 1.08 bits per heavy atom. The highest BCUT2D eigenvalue weighted by Gasteiger charge is 2.18. The second kappa shape index (κ2) is 6.11. The zero-order chi connectivity index (χ0) is 16.5. The lowest BCUT2D eigenvalue weighted by Crippen LogP contribution is -2.37. The molecule has 3 aromatic rings. The van der Waals surface area contributed by atoms with Crippen molar-refractivity contribution < 1.29 is 4.79 Å². The molecule has 1 aliphatic rings. The van der Waals surface area contributed by atoms with Crippen molar-refractivity contribution in [2.45, 2.75) is 32.2 Å². The molecule has 1 aromatic carbocycles. The van der Waals surface area contributed by atoms with Crippen LogP contribution in [0.2, 0.25) is 0 Å². The molecule has 1 N–H and O–H groups in total. The molecule has 0 atom stereocenters. The Hall–Kier alpha value is -2.63. The maximum Gasteiger partial charge on any atom is 0.291 e. The SMILES string of the molecule is O=C(Cn1ncc2c([nH]c3ccccc32)c1=O)N1CCCCCC1. The molecule has 1 aliphatic heterocycles. The highest BCUT2D eigenvalue weighted by atomic mass is 16.2. The smallest absolute Gasteiger partial charge is 0.291 e. The second-order valence-electron chi connectivity index (χ2n) is 6.36. The van der Waals surface area contributed by atoms with Crippen molar-refractivity contribution in [1.82, 2.24) is 19.7 Å². The minimum Gasteiger partial charge on any atom is -0.350 e. The maximum atomic E-state index is 12.7. The topological polar surface area (TPSA) is 71.0 Å². The first kappa shape index (κ1) is 14.9. The third kappa shape index (κ3) is 2.58. The van der Waals surface area contributed by atoms with E-state index >= 15 is 0 Å². The molecule has 2 aromatic heterocycles. The van der Waals surface area contributed by atoms with Crippen LogP contribution in [-0.2, 0) is 11.3 Å². The van der Waals surface area contributed by atoms with E-state index in [1.807, 2.05) is 29.2 Å². The molecule has 0 radical (unpaired) electrons. The van der Waals surface area contributed by atoms with Gasteiger partial charge >= 0.3 is 0 Å². The number of H-pyrrole nitrogens is 1. The van der Waals surface area contributed by atoms with Crippen molar-refractivity contribution in [2.75, 3.05) is 13.1 Å². The number of benzene rings is 1. The van der Waals surface area contributed by atoms with Gasteiger partial charge in [-0.1, -0.05) is 31.0 Å². The highest BCUT2D eigenvalue weighted by Crippen LogP contribution is 2.21. The summed E-state index contributed by atoms with van der Waals surface area (Å²) in [6.45, 7) is 1.56. The van der Waals surface area contributed by atoms with Crippen LogP contribution in [0.1, 0.15) is 25.7 Å². The van der Waals surface area contributed by atoms with Gasteiger partial charge < -0.3 is 9.88 Å². The Kier molecular flexibility index (Phi) is 3.80. The Balaban J connectivity index is 1.67. The summed E-state index contributed by atoms with van der Waals surface area (Å²) in [6.07, 6.45) is 6.08. The van der Waals surface area contributed by atoms with Crippen LogP contribution in [0.5, 0.6) is 0 Å². The second-order valence-corrected chi connectivity index (χ2v) is 6.36. The molecule has 0 spiro atoms. The van der Waals surface area contributed by atoms with Gasteiger partial charge in [0.1, 0.15) is 12.1 Å². The lowest BCUT2D eigenvalue weighted by atomic mass is 10.2. The Morgan fingerprint density at radius 3 is 2.62 bits per heavy atom. The standard InChI is InChI=1S/C18H20N4O2/c23-16(21-9-5-1-2-6-10-21)12-22-18(24)17-14(11-19-22)13-7-3-4-8-15(13)20-17/h3-4,7-8,11,20H,1-2,5-6,9-10,12H2. The van der Waals surface area contributed by atoms with Crippen LogP contribution in [0.3, 0.4) is 0 Å². The first-order chi connectivity index (χ1) is 11.7. The molecule has 6 nitrogen and oxygen atoms in total. The van der Waals surface area contributed by atoms with E-state index in [0.29, 0.717) is 5.52 Å². The molecule has 0 aliphatic carbocycles. The number of likely N-dealkylation sites (tertiary alicyclic amines) is 1. The van der Waals surface area contributed by atoms with Gasteiger partial charge in [0.15, 0.2) is 0 Å². The van der Waals surface area contributed by atoms with Gasteiger partial charge in [-0.3, -0.25) is 9.59 Å². The largest absolute Gasteiger partial charge is 0.350 e. The van der Waals surface area contributed by atoms with Crippen LogP contribution in [-0.4, -0.2) is 38.7 Å². The molecule has 1 saturated heterocycles. The molecule has 124 valence electrons. The fourth-order valence-electron chi connectivity index (χ4n) is 3.44. The molecule has 1 fully saturated rings. The number of aromatic nitrogens is 3. The van der Waals surface area contributed by atoms with E-state index in [1.54, 1.807) is 6.20 Å². The van der Waals surface area contributed by atoms with E-state index < -0.39 is 0 Å². The monoisotopic (exact) mass is 324 g/mol. The number of hydrogen-bond donors (Lipinski definition) is 1. The predicted octanol–water partition coefficient (Wildman–Crippen LogP) is 2.28. The number of amides is 1. The number of carbonyl (C=O) groups is 1. The summed E-state index contributed by atoms with van der Waals surface area (Å²) in [5, 5.41) is 6.00. The van der Waals surface area contributed by atoms with Crippen molar-refractivity contribution in [3.63, 3.8) is 0 Å². The van der Waals surface area contributed by atoms with Gasteiger partial charge in [-0.25, -0.2) is 4.68 Å².